The van der Waals surface area contributed by atoms with Gasteiger partial charge in [-0.05, 0) is 49.8 Å². The SMILES string of the molecule is O=c1cnn(C[C@H]2CCCCO2)c(-c2ccc(C#CC3CC3)cc2)c1. The highest BCUT2D eigenvalue weighted by molar-refractivity contribution is 5.60. The largest absolute Gasteiger partial charge is 0.376 e. The van der Waals surface area contributed by atoms with Gasteiger partial charge < -0.3 is 4.74 Å². The Labute approximate surface area is 147 Å². The third kappa shape index (κ3) is 4.18. The summed E-state index contributed by atoms with van der Waals surface area (Å²) in [7, 11) is 0. The van der Waals surface area contributed by atoms with E-state index in [0.717, 1.165) is 36.3 Å². The first-order chi connectivity index (χ1) is 12.3. The first-order valence-corrected chi connectivity index (χ1v) is 9.09. The maximum absolute atomic E-state index is 11.8. The van der Waals surface area contributed by atoms with E-state index in [2.05, 4.69) is 16.9 Å². The molecule has 1 aliphatic carbocycles. The highest BCUT2D eigenvalue weighted by atomic mass is 16.5. The van der Waals surface area contributed by atoms with E-state index in [1.54, 1.807) is 6.07 Å². The van der Waals surface area contributed by atoms with Crippen molar-refractivity contribution >= 4 is 0 Å². The summed E-state index contributed by atoms with van der Waals surface area (Å²) in [4.78, 5) is 11.8. The van der Waals surface area contributed by atoms with Gasteiger partial charge in [-0.2, -0.15) is 5.10 Å². The van der Waals surface area contributed by atoms with Crippen LogP contribution in [0.5, 0.6) is 0 Å². The van der Waals surface area contributed by atoms with E-state index in [4.69, 9.17) is 4.74 Å². The molecule has 2 fully saturated rings. The molecule has 2 aromatic rings. The minimum absolute atomic E-state index is 0.0755. The lowest BCUT2D eigenvalue weighted by atomic mass is 10.1. The molecule has 1 saturated heterocycles. The Bertz CT molecular complexity index is 848. The summed E-state index contributed by atoms with van der Waals surface area (Å²) in [5, 5.41) is 4.34. The zero-order valence-electron chi connectivity index (χ0n) is 14.3. The quantitative estimate of drug-likeness (QED) is 0.810. The van der Waals surface area contributed by atoms with Gasteiger partial charge in [0.2, 0.25) is 5.43 Å². The van der Waals surface area contributed by atoms with Crippen molar-refractivity contribution in [3.8, 4) is 23.1 Å². The van der Waals surface area contributed by atoms with Crippen LogP contribution >= 0.6 is 0 Å². The topological polar surface area (TPSA) is 44.1 Å². The molecule has 1 saturated carbocycles. The summed E-state index contributed by atoms with van der Waals surface area (Å²) < 4.78 is 7.72. The van der Waals surface area contributed by atoms with Crippen LogP contribution in [-0.4, -0.2) is 22.5 Å². The van der Waals surface area contributed by atoms with Crippen molar-refractivity contribution in [3.05, 3.63) is 52.3 Å². The molecule has 0 spiro atoms. The number of hydrogen-bond donors (Lipinski definition) is 0. The number of benzene rings is 1. The van der Waals surface area contributed by atoms with Crippen molar-refractivity contribution in [2.45, 2.75) is 44.8 Å². The van der Waals surface area contributed by atoms with Gasteiger partial charge in [0, 0.05) is 24.2 Å². The zero-order chi connectivity index (χ0) is 17.1. The maximum atomic E-state index is 11.8. The normalized spacial score (nSPS) is 19.9. The van der Waals surface area contributed by atoms with Gasteiger partial charge in [-0.15, -0.1) is 0 Å². The summed E-state index contributed by atoms with van der Waals surface area (Å²) in [5.41, 5.74) is 2.76. The molecule has 0 radical (unpaired) electrons. The minimum Gasteiger partial charge on any atom is -0.376 e. The molecule has 0 N–H and O–H groups in total. The number of aromatic nitrogens is 2. The number of rotatable bonds is 3. The summed E-state index contributed by atoms with van der Waals surface area (Å²) in [6, 6.07) is 9.73. The lowest BCUT2D eigenvalue weighted by Crippen LogP contribution is -2.27. The molecule has 0 amide bonds. The summed E-state index contributed by atoms with van der Waals surface area (Å²) in [5.74, 6) is 7.09. The molecule has 0 bridgehead atoms. The fourth-order valence-electron chi connectivity index (χ4n) is 3.09. The van der Waals surface area contributed by atoms with Crippen LogP contribution < -0.4 is 5.43 Å². The molecular weight excluding hydrogens is 312 g/mol. The molecule has 4 nitrogen and oxygen atoms in total. The molecule has 25 heavy (non-hydrogen) atoms. The van der Waals surface area contributed by atoms with Crippen LogP contribution in [0.3, 0.4) is 0 Å². The van der Waals surface area contributed by atoms with Gasteiger partial charge in [0.15, 0.2) is 0 Å². The van der Waals surface area contributed by atoms with E-state index >= 15 is 0 Å². The Morgan fingerprint density at radius 1 is 1.16 bits per heavy atom. The summed E-state index contributed by atoms with van der Waals surface area (Å²) >= 11 is 0. The standard InChI is InChI=1S/C21H22N2O2/c24-19-13-21(23(22-14-19)15-20-3-1-2-12-25-20)18-10-8-17(9-11-18)7-6-16-4-5-16/h8-11,13-14,16,20H,1-5,12,15H2/t20-/m1/s1. The molecule has 1 aliphatic heterocycles. The van der Waals surface area contributed by atoms with Crippen molar-refractivity contribution < 1.29 is 4.74 Å². The maximum Gasteiger partial charge on any atom is 0.200 e. The molecule has 1 aromatic carbocycles. The summed E-state index contributed by atoms with van der Waals surface area (Å²) in [6.07, 6.45) is 7.38. The Balaban J connectivity index is 1.58. The fraction of sp³-hybridized carbons (Fsp3) is 0.429. The van der Waals surface area contributed by atoms with Gasteiger partial charge in [0.1, 0.15) is 0 Å². The highest BCUT2D eigenvalue weighted by Crippen LogP contribution is 2.27. The molecule has 4 heteroatoms. The smallest absolute Gasteiger partial charge is 0.200 e. The molecule has 0 unspecified atom stereocenters. The van der Waals surface area contributed by atoms with Gasteiger partial charge in [-0.1, -0.05) is 24.0 Å². The average molecular weight is 334 g/mol. The van der Waals surface area contributed by atoms with Crippen molar-refractivity contribution in [2.24, 2.45) is 5.92 Å². The Hall–Kier alpha value is -2.38. The predicted molar refractivity (Wildman–Crippen MR) is 97.1 cm³/mol. The second-order valence-corrected chi connectivity index (χ2v) is 6.87. The Morgan fingerprint density at radius 3 is 2.72 bits per heavy atom. The monoisotopic (exact) mass is 334 g/mol. The Kier molecular flexibility index (Phi) is 4.67. The number of ether oxygens (including phenoxy) is 1. The van der Waals surface area contributed by atoms with Crippen molar-refractivity contribution in [2.75, 3.05) is 6.61 Å². The third-order valence-electron chi connectivity index (χ3n) is 4.71. The van der Waals surface area contributed by atoms with Gasteiger partial charge in [-0.25, -0.2) is 0 Å². The molecule has 1 atom stereocenters. The van der Waals surface area contributed by atoms with Crippen LogP contribution in [0.25, 0.3) is 11.3 Å². The molecular formula is C21H22N2O2. The number of hydrogen-bond acceptors (Lipinski definition) is 3. The minimum atomic E-state index is -0.0755. The molecule has 2 aliphatic rings. The first-order valence-electron chi connectivity index (χ1n) is 9.09. The van der Waals surface area contributed by atoms with Crippen molar-refractivity contribution in [1.29, 1.82) is 0 Å². The lowest BCUT2D eigenvalue weighted by molar-refractivity contribution is 0.00403. The summed E-state index contributed by atoms with van der Waals surface area (Å²) in [6.45, 7) is 1.49. The zero-order valence-corrected chi connectivity index (χ0v) is 14.3. The second-order valence-electron chi connectivity index (χ2n) is 6.87. The molecule has 128 valence electrons. The number of nitrogens with zero attached hydrogens (tertiary/aromatic N) is 2. The van der Waals surface area contributed by atoms with Crippen LogP contribution in [0.1, 0.15) is 37.7 Å². The van der Waals surface area contributed by atoms with E-state index in [9.17, 15) is 4.79 Å². The first kappa shape index (κ1) is 16.1. The van der Waals surface area contributed by atoms with E-state index in [1.165, 1.54) is 25.5 Å². The van der Waals surface area contributed by atoms with E-state index in [1.807, 2.05) is 28.9 Å². The van der Waals surface area contributed by atoms with Crippen molar-refractivity contribution in [1.82, 2.24) is 9.78 Å². The van der Waals surface area contributed by atoms with Crippen molar-refractivity contribution in [3.63, 3.8) is 0 Å². The van der Waals surface area contributed by atoms with Gasteiger partial charge in [0.25, 0.3) is 0 Å². The van der Waals surface area contributed by atoms with Crippen LogP contribution in [0.15, 0.2) is 41.3 Å². The van der Waals surface area contributed by atoms with E-state index < -0.39 is 0 Å². The predicted octanol–water partition coefficient (Wildman–Crippen LogP) is 3.24. The average Bonchev–Trinajstić information content (AvgIpc) is 3.47. The van der Waals surface area contributed by atoms with Gasteiger partial charge in [-0.3, -0.25) is 9.48 Å². The van der Waals surface area contributed by atoms with Gasteiger partial charge in [0.05, 0.1) is 24.5 Å². The van der Waals surface area contributed by atoms with E-state index in [0.29, 0.717) is 12.5 Å². The fourth-order valence-corrected chi connectivity index (χ4v) is 3.09. The van der Waals surface area contributed by atoms with Gasteiger partial charge >= 0.3 is 0 Å². The van der Waals surface area contributed by atoms with E-state index in [-0.39, 0.29) is 11.5 Å². The molecule has 2 heterocycles. The molecule has 4 rings (SSSR count). The highest BCUT2D eigenvalue weighted by Gasteiger charge is 2.18. The van der Waals surface area contributed by atoms with Crippen LogP contribution in [0.4, 0.5) is 0 Å². The Morgan fingerprint density at radius 2 is 2.00 bits per heavy atom. The van der Waals surface area contributed by atoms with Crippen LogP contribution in [0, 0.1) is 17.8 Å². The van der Waals surface area contributed by atoms with Crippen LogP contribution in [0.2, 0.25) is 0 Å². The second kappa shape index (κ2) is 7.25. The molecule has 1 aromatic heterocycles. The lowest BCUT2D eigenvalue weighted by Gasteiger charge is -2.24. The third-order valence-corrected chi connectivity index (χ3v) is 4.71. The van der Waals surface area contributed by atoms with Crippen LogP contribution in [-0.2, 0) is 11.3 Å².